The van der Waals surface area contributed by atoms with Gasteiger partial charge in [0.15, 0.2) is 5.16 Å². The first-order chi connectivity index (χ1) is 12.4. The number of rotatable bonds is 5. The molecule has 0 fully saturated rings. The minimum atomic E-state index is -0.991. The Hall–Kier alpha value is -2.61. The lowest BCUT2D eigenvalue weighted by Gasteiger charge is -2.43. The molecule has 0 saturated carbocycles. The predicted octanol–water partition coefficient (Wildman–Crippen LogP) is 2.71. The van der Waals surface area contributed by atoms with Crippen LogP contribution in [0, 0.1) is 0 Å². The number of hydrogen-bond donors (Lipinski definition) is 1. The van der Waals surface area contributed by atoms with Gasteiger partial charge in [0.25, 0.3) is 0 Å². The number of allylic oxidation sites excluding steroid dienone is 1. The Morgan fingerprint density at radius 3 is 2.88 bits per heavy atom. The van der Waals surface area contributed by atoms with Crippen LogP contribution in [-0.4, -0.2) is 37.4 Å². The van der Waals surface area contributed by atoms with Crippen molar-refractivity contribution in [2.45, 2.75) is 43.3 Å². The Bertz CT molecular complexity index is 861. The van der Waals surface area contributed by atoms with Crippen molar-refractivity contribution in [3.8, 4) is 0 Å². The van der Waals surface area contributed by atoms with E-state index in [0.29, 0.717) is 23.1 Å². The van der Waals surface area contributed by atoms with Gasteiger partial charge in [0, 0.05) is 6.54 Å². The lowest BCUT2D eigenvalue weighted by atomic mass is 9.96. The number of thioether (sulfide) groups is 1. The molecule has 26 heavy (non-hydrogen) atoms. The van der Waals surface area contributed by atoms with Gasteiger partial charge in [0.05, 0.1) is 16.6 Å². The van der Waals surface area contributed by atoms with E-state index in [1.54, 1.807) is 37.2 Å². The molecular weight excluding hydrogens is 350 g/mol. The van der Waals surface area contributed by atoms with Crippen LogP contribution in [0.5, 0.6) is 0 Å². The minimum absolute atomic E-state index is 0.157. The molecule has 7 nitrogen and oxygen atoms in total. The molecule has 0 bridgehead atoms. The Labute approximate surface area is 156 Å². The second-order valence-corrected chi connectivity index (χ2v) is 7.83. The molecule has 0 radical (unpaired) electrons. The van der Waals surface area contributed by atoms with E-state index >= 15 is 0 Å². The summed E-state index contributed by atoms with van der Waals surface area (Å²) in [4.78, 5) is 27.4. The molecule has 2 heterocycles. The lowest BCUT2D eigenvalue weighted by molar-refractivity contribution is -0.126. The van der Waals surface area contributed by atoms with Crippen molar-refractivity contribution >= 4 is 35.0 Å². The first-order valence-corrected chi connectivity index (χ1v) is 9.14. The van der Waals surface area contributed by atoms with E-state index in [9.17, 15) is 9.59 Å². The van der Waals surface area contributed by atoms with Gasteiger partial charge >= 0.3 is 0 Å². The summed E-state index contributed by atoms with van der Waals surface area (Å²) in [6, 6.07) is 7.31. The van der Waals surface area contributed by atoms with Crippen LogP contribution in [0.1, 0.15) is 20.8 Å². The summed E-state index contributed by atoms with van der Waals surface area (Å²) in [5.74, 6) is -0.368. The Morgan fingerprint density at radius 1 is 1.42 bits per heavy atom. The maximum Gasteiger partial charge on any atom is 0.250 e. The number of aromatic nitrogens is 3. The van der Waals surface area contributed by atoms with Gasteiger partial charge in [-0.3, -0.25) is 14.5 Å². The van der Waals surface area contributed by atoms with Gasteiger partial charge < -0.3 is 9.88 Å². The first-order valence-electron chi connectivity index (χ1n) is 8.26. The largest absolute Gasteiger partial charge is 0.322 e. The third kappa shape index (κ3) is 3.12. The van der Waals surface area contributed by atoms with E-state index in [2.05, 4.69) is 22.1 Å². The number of nitrogens with zero attached hydrogens (tertiary/aromatic N) is 4. The van der Waals surface area contributed by atoms with Crippen LogP contribution in [0.3, 0.4) is 0 Å². The molecule has 1 aromatic carbocycles. The SMILES string of the molecule is C=CCn1cnnc1S[C@@H](C)C(=O)N1c2ccccc2NC(=O)C1(C)C. The summed E-state index contributed by atoms with van der Waals surface area (Å²) < 4.78 is 1.82. The molecule has 136 valence electrons. The van der Waals surface area contributed by atoms with Crippen LogP contribution in [0.2, 0.25) is 0 Å². The van der Waals surface area contributed by atoms with Crippen LogP contribution >= 0.6 is 11.8 Å². The zero-order chi connectivity index (χ0) is 18.9. The summed E-state index contributed by atoms with van der Waals surface area (Å²) in [5, 5.41) is 11.0. The van der Waals surface area contributed by atoms with Gasteiger partial charge in [-0.15, -0.1) is 16.8 Å². The third-order valence-electron chi connectivity index (χ3n) is 4.26. The quantitative estimate of drug-likeness (QED) is 0.646. The first kappa shape index (κ1) is 18.2. The summed E-state index contributed by atoms with van der Waals surface area (Å²) in [6.07, 6.45) is 3.35. The molecule has 0 spiro atoms. The Kier molecular flexibility index (Phi) is 4.86. The van der Waals surface area contributed by atoms with Gasteiger partial charge in [0.1, 0.15) is 11.9 Å². The second-order valence-electron chi connectivity index (χ2n) is 6.52. The highest BCUT2D eigenvalue weighted by atomic mass is 32.2. The van der Waals surface area contributed by atoms with Gasteiger partial charge in [-0.2, -0.15) is 0 Å². The maximum absolute atomic E-state index is 13.3. The molecule has 1 aromatic heterocycles. The molecule has 8 heteroatoms. The summed E-state index contributed by atoms with van der Waals surface area (Å²) in [7, 11) is 0. The van der Waals surface area contributed by atoms with Crippen LogP contribution in [0.4, 0.5) is 11.4 Å². The van der Waals surface area contributed by atoms with Crippen LogP contribution in [0.25, 0.3) is 0 Å². The molecule has 2 amide bonds. The molecule has 1 atom stereocenters. The smallest absolute Gasteiger partial charge is 0.250 e. The van der Waals surface area contributed by atoms with Crippen molar-refractivity contribution in [2.24, 2.45) is 0 Å². The number of para-hydroxylation sites is 2. The van der Waals surface area contributed by atoms with Gasteiger partial charge in [-0.25, -0.2) is 0 Å². The molecule has 1 aliphatic heterocycles. The van der Waals surface area contributed by atoms with Crippen molar-refractivity contribution in [3.05, 3.63) is 43.2 Å². The Morgan fingerprint density at radius 2 is 2.15 bits per heavy atom. The van der Waals surface area contributed by atoms with Crippen LogP contribution < -0.4 is 10.2 Å². The molecule has 0 saturated heterocycles. The lowest BCUT2D eigenvalue weighted by Crippen LogP contribution is -2.60. The van der Waals surface area contributed by atoms with Gasteiger partial charge in [0.2, 0.25) is 11.8 Å². The average molecular weight is 371 g/mol. The van der Waals surface area contributed by atoms with Crippen LogP contribution in [-0.2, 0) is 16.1 Å². The number of nitrogens with one attached hydrogen (secondary N) is 1. The Balaban J connectivity index is 1.91. The van der Waals surface area contributed by atoms with Crippen molar-refractivity contribution in [2.75, 3.05) is 10.2 Å². The molecule has 0 unspecified atom stereocenters. The standard InChI is InChI=1S/C18H21N5O2S/c1-5-10-22-11-19-21-17(22)26-12(2)15(24)23-14-9-7-6-8-13(14)20-16(25)18(23,3)4/h5-9,11-12H,1,10H2,2-4H3,(H,20,25)/t12-/m0/s1. The number of carbonyl (C=O) groups excluding carboxylic acids is 2. The fourth-order valence-corrected chi connectivity index (χ4v) is 3.71. The van der Waals surface area contributed by atoms with E-state index < -0.39 is 10.8 Å². The topological polar surface area (TPSA) is 80.1 Å². The number of amides is 2. The van der Waals surface area contributed by atoms with Crippen molar-refractivity contribution in [1.29, 1.82) is 0 Å². The minimum Gasteiger partial charge on any atom is -0.322 e. The number of anilines is 2. The van der Waals surface area contributed by atoms with E-state index in [0.717, 1.165) is 0 Å². The molecular formula is C18H21N5O2S. The second kappa shape index (κ2) is 6.95. The van der Waals surface area contributed by atoms with Crippen molar-refractivity contribution in [1.82, 2.24) is 14.8 Å². The van der Waals surface area contributed by atoms with E-state index in [1.807, 2.05) is 29.7 Å². The van der Waals surface area contributed by atoms with Crippen LogP contribution in [0.15, 0.2) is 48.4 Å². The zero-order valence-electron chi connectivity index (χ0n) is 15.0. The highest BCUT2D eigenvalue weighted by Crippen LogP contribution is 2.38. The predicted molar refractivity (Wildman–Crippen MR) is 102 cm³/mol. The fraction of sp³-hybridized carbons (Fsp3) is 0.333. The van der Waals surface area contributed by atoms with Gasteiger partial charge in [-0.1, -0.05) is 30.0 Å². The number of carbonyl (C=O) groups is 2. The number of benzene rings is 1. The van der Waals surface area contributed by atoms with E-state index in [1.165, 1.54) is 11.8 Å². The van der Waals surface area contributed by atoms with Crippen molar-refractivity contribution in [3.63, 3.8) is 0 Å². The molecule has 0 aliphatic carbocycles. The third-order valence-corrected chi connectivity index (χ3v) is 5.35. The van der Waals surface area contributed by atoms with Gasteiger partial charge in [-0.05, 0) is 32.9 Å². The van der Waals surface area contributed by atoms with E-state index in [-0.39, 0.29) is 11.8 Å². The summed E-state index contributed by atoms with van der Waals surface area (Å²) >= 11 is 1.31. The maximum atomic E-state index is 13.3. The molecule has 3 rings (SSSR count). The molecule has 2 aromatic rings. The fourth-order valence-electron chi connectivity index (χ4n) is 2.84. The molecule has 1 aliphatic rings. The average Bonchev–Trinajstić information content (AvgIpc) is 3.02. The summed E-state index contributed by atoms with van der Waals surface area (Å²) in [6.45, 7) is 9.58. The number of fused-ring (bicyclic) bond motifs is 1. The van der Waals surface area contributed by atoms with Crippen molar-refractivity contribution < 1.29 is 9.59 Å². The highest BCUT2D eigenvalue weighted by Gasteiger charge is 2.44. The van der Waals surface area contributed by atoms with E-state index in [4.69, 9.17) is 0 Å². The molecule has 1 N–H and O–H groups in total. The monoisotopic (exact) mass is 371 g/mol. The zero-order valence-corrected chi connectivity index (χ0v) is 15.8. The normalized spacial score (nSPS) is 16.6. The number of hydrogen-bond acceptors (Lipinski definition) is 5. The highest BCUT2D eigenvalue weighted by molar-refractivity contribution is 8.00. The summed E-state index contributed by atoms with van der Waals surface area (Å²) in [5.41, 5.74) is 0.342.